The minimum absolute atomic E-state index is 0.676. The Labute approximate surface area is 123 Å². The molecule has 2 rings (SSSR count). The van der Waals surface area contributed by atoms with E-state index in [2.05, 4.69) is 41.4 Å². The average molecular weight is 276 g/mol. The zero-order valence-electron chi connectivity index (χ0n) is 12.9. The molecule has 0 saturated carbocycles. The molecule has 0 unspecified atom stereocenters. The number of hydrogen-bond donors (Lipinski definition) is 1. The molecule has 1 aliphatic rings. The second-order valence-electron chi connectivity index (χ2n) is 5.57. The lowest BCUT2D eigenvalue weighted by molar-refractivity contribution is 0.197. The largest absolute Gasteiger partial charge is 0.494 e. The van der Waals surface area contributed by atoms with E-state index in [0.29, 0.717) is 6.04 Å². The zero-order valence-corrected chi connectivity index (χ0v) is 12.9. The molecule has 0 spiro atoms. The fourth-order valence-electron chi connectivity index (χ4n) is 2.81. The average Bonchev–Trinajstić information content (AvgIpc) is 2.49. The highest BCUT2D eigenvalue weighted by Crippen LogP contribution is 2.14. The van der Waals surface area contributed by atoms with Crippen LogP contribution in [-0.4, -0.2) is 37.2 Å². The van der Waals surface area contributed by atoms with E-state index in [4.69, 9.17) is 4.74 Å². The minimum Gasteiger partial charge on any atom is -0.494 e. The van der Waals surface area contributed by atoms with Crippen LogP contribution in [0.15, 0.2) is 24.3 Å². The second kappa shape index (κ2) is 8.28. The van der Waals surface area contributed by atoms with Gasteiger partial charge in [-0.2, -0.15) is 0 Å². The smallest absolute Gasteiger partial charge is 0.119 e. The van der Waals surface area contributed by atoms with Gasteiger partial charge >= 0.3 is 0 Å². The van der Waals surface area contributed by atoms with Crippen molar-refractivity contribution in [2.45, 2.75) is 45.7 Å². The van der Waals surface area contributed by atoms with E-state index in [-0.39, 0.29) is 0 Å². The van der Waals surface area contributed by atoms with Crippen molar-refractivity contribution < 1.29 is 4.74 Å². The van der Waals surface area contributed by atoms with Crippen LogP contribution in [0.3, 0.4) is 0 Å². The van der Waals surface area contributed by atoms with E-state index >= 15 is 0 Å². The lowest BCUT2D eigenvalue weighted by Crippen LogP contribution is -2.42. The summed E-state index contributed by atoms with van der Waals surface area (Å²) in [6, 6.07) is 9.11. The number of benzene rings is 1. The standard InChI is InChI=1S/C17H28N2O/c1-3-11-19-12-9-16(10-13-19)18-14-15-5-7-17(8-6-15)20-4-2/h5-8,16,18H,3-4,9-14H2,1-2H3. The number of ether oxygens (including phenoxy) is 1. The second-order valence-corrected chi connectivity index (χ2v) is 5.57. The third-order valence-electron chi connectivity index (χ3n) is 3.96. The van der Waals surface area contributed by atoms with Gasteiger partial charge in [-0.15, -0.1) is 0 Å². The summed E-state index contributed by atoms with van der Waals surface area (Å²) >= 11 is 0. The maximum atomic E-state index is 5.46. The number of hydrogen-bond acceptors (Lipinski definition) is 3. The molecule has 1 aromatic rings. The highest BCUT2D eigenvalue weighted by molar-refractivity contribution is 5.27. The van der Waals surface area contributed by atoms with Crippen LogP contribution in [-0.2, 0) is 6.54 Å². The summed E-state index contributed by atoms with van der Waals surface area (Å²) < 4.78 is 5.46. The number of nitrogens with zero attached hydrogens (tertiary/aromatic N) is 1. The summed E-state index contributed by atoms with van der Waals surface area (Å²) in [6.45, 7) is 9.71. The van der Waals surface area contributed by atoms with Crippen LogP contribution in [0.2, 0.25) is 0 Å². The van der Waals surface area contributed by atoms with Crippen LogP contribution in [0.5, 0.6) is 5.75 Å². The Balaban J connectivity index is 1.70. The molecule has 0 atom stereocenters. The van der Waals surface area contributed by atoms with Crippen molar-refractivity contribution >= 4 is 0 Å². The van der Waals surface area contributed by atoms with E-state index < -0.39 is 0 Å². The van der Waals surface area contributed by atoms with E-state index in [0.717, 1.165) is 18.9 Å². The maximum absolute atomic E-state index is 5.46. The number of piperidine rings is 1. The Morgan fingerprint density at radius 3 is 2.45 bits per heavy atom. The van der Waals surface area contributed by atoms with Gasteiger partial charge in [0.25, 0.3) is 0 Å². The Morgan fingerprint density at radius 1 is 1.15 bits per heavy atom. The summed E-state index contributed by atoms with van der Waals surface area (Å²) in [7, 11) is 0. The van der Waals surface area contributed by atoms with Crippen LogP contribution in [0.1, 0.15) is 38.7 Å². The summed E-state index contributed by atoms with van der Waals surface area (Å²) in [5.74, 6) is 0.962. The summed E-state index contributed by atoms with van der Waals surface area (Å²) in [5, 5.41) is 3.68. The van der Waals surface area contributed by atoms with Crippen molar-refractivity contribution in [2.75, 3.05) is 26.2 Å². The highest BCUT2D eigenvalue weighted by Gasteiger charge is 2.17. The van der Waals surface area contributed by atoms with Crippen LogP contribution >= 0.6 is 0 Å². The molecule has 1 saturated heterocycles. The first-order valence-corrected chi connectivity index (χ1v) is 7.99. The predicted molar refractivity (Wildman–Crippen MR) is 84.2 cm³/mol. The molecule has 20 heavy (non-hydrogen) atoms. The van der Waals surface area contributed by atoms with Gasteiger partial charge in [0.2, 0.25) is 0 Å². The minimum atomic E-state index is 0.676. The molecule has 1 fully saturated rings. The fourth-order valence-corrected chi connectivity index (χ4v) is 2.81. The third-order valence-corrected chi connectivity index (χ3v) is 3.96. The molecule has 0 aliphatic carbocycles. The van der Waals surface area contributed by atoms with Crippen LogP contribution in [0.4, 0.5) is 0 Å². The van der Waals surface area contributed by atoms with Gasteiger partial charge in [-0.05, 0) is 63.5 Å². The van der Waals surface area contributed by atoms with Crippen molar-refractivity contribution in [3.05, 3.63) is 29.8 Å². The van der Waals surface area contributed by atoms with Crippen molar-refractivity contribution in [2.24, 2.45) is 0 Å². The molecule has 1 aliphatic heterocycles. The van der Waals surface area contributed by atoms with E-state index in [9.17, 15) is 0 Å². The van der Waals surface area contributed by atoms with Gasteiger partial charge in [-0.25, -0.2) is 0 Å². The van der Waals surface area contributed by atoms with Crippen LogP contribution < -0.4 is 10.1 Å². The number of nitrogens with one attached hydrogen (secondary N) is 1. The van der Waals surface area contributed by atoms with Gasteiger partial charge in [-0.1, -0.05) is 19.1 Å². The molecular formula is C17H28N2O. The normalized spacial score (nSPS) is 17.3. The molecule has 112 valence electrons. The Hall–Kier alpha value is -1.06. The van der Waals surface area contributed by atoms with Gasteiger partial charge in [0, 0.05) is 12.6 Å². The molecule has 0 aromatic heterocycles. The van der Waals surface area contributed by atoms with Gasteiger partial charge < -0.3 is 15.0 Å². The van der Waals surface area contributed by atoms with Crippen molar-refractivity contribution in [3.63, 3.8) is 0 Å². The van der Waals surface area contributed by atoms with E-state index in [1.165, 1.54) is 44.5 Å². The highest BCUT2D eigenvalue weighted by atomic mass is 16.5. The molecule has 1 N–H and O–H groups in total. The molecule has 0 amide bonds. The van der Waals surface area contributed by atoms with Gasteiger partial charge in [0.1, 0.15) is 5.75 Å². The SMILES string of the molecule is CCCN1CCC(NCc2ccc(OCC)cc2)CC1. The first-order valence-electron chi connectivity index (χ1n) is 7.99. The van der Waals surface area contributed by atoms with Gasteiger partial charge in [-0.3, -0.25) is 0 Å². The zero-order chi connectivity index (χ0) is 14.2. The summed E-state index contributed by atoms with van der Waals surface area (Å²) in [5.41, 5.74) is 1.34. The summed E-state index contributed by atoms with van der Waals surface area (Å²) in [6.07, 6.45) is 3.82. The van der Waals surface area contributed by atoms with Crippen LogP contribution in [0, 0.1) is 0 Å². The number of rotatable bonds is 7. The first kappa shape index (κ1) is 15.3. The Bertz CT molecular complexity index is 369. The molecule has 0 radical (unpaired) electrons. The quantitative estimate of drug-likeness (QED) is 0.828. The third kappa shape index (κ3) is 4.80. The Kier molecular flexibility index (Phi) is 6.34. The summed E-state index contributed by atoms with van der Waals surface area (Å²) in [4.78, 5) is 2.58. The molecule has 1 heterocycles. The van der Waals surface area contributed by atoms with Gasteiger partial charge in [0.15, 0.2) is 0 Å². The maximum Gasteiger partial charge on any atom is 0.119 e. The van der Waals surface area contributed by atoms with Gasteiger partial charge in [0.05, 0.1) is 6.61 Å². The molecule has 0 bridgehead atoms. The fraction of sp³-hybridized carbons (Fsp3) is 0.647. The van der Waals surface area contributed by atoms with Crippen LogP contribution in [0.25, 0.3) is 0 Å². The van der Waals surface area contributed by atoms with Crippen molar-refractivity contribution in [3.8, 4) is 5.75 Å². The molecule has 1 aromatic carbocycles. The lowest BCUT2D eigenvalue weighted by atomic mass is 10.0. The lowest BCUT2D eigenvalue weighted by Gasteiger charge is -2.32. The molecule has 3 nitrogen and oxygen atoms in total. The predicted octanol–water partition coefficient (Wildman–Crippen LogP) is 3.05. The molecular weight excluding hydrogens is 248 g/mol. The van der Waals surface area contributed by atoms with E-state index in [1.54, 1.807) is 0 Å². The first-order chi connectivity index (χ1) is 9.81. The van der Waals surface area contributed by atoms with Crippen molar-refractivity contribution in [1.29, 1.82) is 0 Å². The van der Waals surface area contributed by atoms with E-state index in [1.807, 2.05) is 6.92 Å². The number of likely N-dealkylation sites (tertiary alicyclic amines) is 1. The Morgan fingerprint density at radius 2 is 1.85 bits per heavy atom. The van der Waals surface area contributed by atoms with Crippen molar-refractivity contribution in [1.82, 2.24) is 10.2 Å². The topological polar surface area (TPSA) is 24.5 Å². The molecule has 3 heteroatoms. The monoisotopic (exact) mass is 276 g/mol.